The van der Waals surface area contributed by atoms with E-state index in [1.807, 2.05) is 25.1 Å². The van der Waals surface area contributed by atoms with E-state index in [-0.39, 0.29) is 6.03 Å². The van der Waals surface area contributed by atoms with Crippen molar-refractivity contribution in [2.45, 2.75) is 6.92 Å². The molecule has 2 amide bonds. The molecule has 0 heterocycles. The van der Waals surface area contributed by atoms with Gasteiger partial charge in [-0.05, 0) is 41.1 Å². The maximum absolute atomic E-state index is 11.2. The van der Waals surface area contributed by atoms with E-state index in [0.717, 1.165) is 14.6 Å². The number of urea groups is 1. The third kappa shape index (κ3) is 3.31. The summed E-state index contributed by atoms with van der Waals surface area (Å²) >= 11 is 6.69. The van der Waals surface area contributed by atoms with Crippen LogP contribution in [0, 0.1) is 0 Å². The Labute approximate surface area is 99.5 Å². The summed E-state index contributed by atoms with van der Waals surface area (Å²) in [4.78, 5) is 11.2. The van der Waals surface area contributed by atoms with Crippen molar-refractivity contribution in [3.8, 4) is 0 Å². The van der Waals surface area contributed by atoms with Crippen LogP contribution in [0.25, 0.3) is 0 Å². The van der Waals surface area contributed by atoms with Gasteiger partial charge in [0.05, 0.1) is 5.69 Å². The van der Waals surface area contributed by atoms with Crippen molar-refractivity contribution in [3.05, 3.63) is 27.1 Å². The molecule has 0 aliphatic heterocycles. The van der Waals surface area contributed by atoms with Gasteiger partial charge in [-0.1, -0.05) is 15.9 Å². The number of hydrogen-bond donors (Lipinski definition) is 2. The molecule has 1 aromatic rings. The summed E-state index contributed by atoms with van der Waals surface area (Å²) in [7, 11) is 0. The lowest BCUT2D eigenvalue weighted by atomic mass is 10.3. The standard InChI is InChI=1S/C9H10Br2N2O/c1-2-12-9(14)13-8-4-3-6(10)5-7(8)11/h3-5H,2H2,1H3,(H2,12,13,14). The Morgan fingerprint density at radius 1 is 1.43 bits per heavy atom. The molecule has 2 N–H and O–H groups in total. The fourth-order valence-electron chi connectivity index (χ4n) is 0.918. The number of anilines is 1. The zero-order valence-electron chi connectivity index (χ0n) is 7.60. The molecule has 14 heavy (non-hydrogen) atoms. The number of nitrogens with one attached hydrogen (secondary N) is 2. The number of halogens is 2. The Morgan fingerprint density at radius 2 is 2.14 bits per heavy atom. The molecule has 0 saturated carbocycles. The summed E-state index contributed by atoms with van der Waals surface area (Å²) in [6.07, 6.45) is 0. The number of carbonyl (C=O) groups excluding carboxylic acids is 1. The zero-order valence-corrected chi connectivity index (χ0v) is 10.8. The lowest BCUT2D eigenvalue weighted by molar-refractivity contribution is 0.252. The minimum absolute atomic E-state index is 0.199. The Bertz CT molecular complexity index is 342. The van der Waals surface area contributed by atoms with Crippen LogP contribution in [0.4, 0.5) is 10.5 Å². The summed E-state index contributed by atoms with van der Waals surface area (Å²) < 4.78 is 1.81. The normalized spacial score (nSPS) is 9.64. The highest BCUT2D eigenvalue weighted by Gasteiger charge is 2.03. The van der Waals surface area contributed by atoms with Crippen molar-refractivity contribution in [2.75, 3.05) is 11.9 Å². The van der Waals surface area contributed by atoms with E-state index in [1.54, 1.807) is 0 Å². The van der Waals surface area contributed by atoms with E-state index in [0.29, 0.717) is 6.54 Å². The second-order valence-corrected chi connectivity index (χ2v) is 4.38. The van der Waals surface area contributed by atoms with E-state index in [2.05, 4.69) is 42.5 Å². The van der Waals surface area contributed by atoms with Crippen LogP contribution in [0.1, 0.15) is 6.92 Å². The topological polar surface area (TPSA) is 41.1 Å². The maximum Gasteiger partial charge on any atom is 0.319 e. The van der Waals surface area contributed by atoms with E-state index in [9.17, 15) is 4.79 Å². The van der Waals surface area contributed by atoms with Crippen LogP contribution < -0.4 is 10.6 Å². The number of benzene rings is 1. The Morgan fingerprint density at radius 3 is 2.71 bits per heavy atom. The molecule has 0 aliphatic rings. The second-order valence-electron chi connectivity index (χ2n) is 2.61. The minimum Gasteiger partial charge on any atom is -0.338 e. The van der Waals surface area contributed by atoms with E-state index >= 15 is 0 Å². The second kappa shape index (κ2) is 5.36. The molecule has 0 fully saturated rings. The predicted molar refractivity (Wildman–Crippen MR) is 64.5 cm³/mol. The quantitative estimate of drug-likeness (QED) is 0.861. The van der Waals surface area contributed by atoms with Crippen LogP contribution in [0.3, 0.4) is 0 Å². The first-order chi connectivity index (χ1) is 6.63. The maximum atomic E-state index is 11.2. The van der Waals surface area contributed by atoms with Gasteiger partial charge in [0, 0.05) is 15.5 Å². The van der Waals surface area contributed by atoms with Gasteiger partial charge in [0.25, 0.3) is 0 Å². The molecule has 0 atom stereocenters. The molecular formula is C9H10Br2N2O. The van der Waals surface area contributed by atoms with Gasteiger partial charge in [0.2, 0.25) is 0 Å². The van der Waals surface area contributed by atoms with Gasteiger partial charge in [0.1, 0.15) is 0 Å². The summed E-state index contributed by atoms with van der Waals surface area (Å²) in [5.74, 6) is 0. The molecule has 1 rings (SSSR count). The van der Waals surface area contributed by atoms with Crippen LogP contribution in [-0.2, 0) is 0 Å². The lowest BCUT2D eigenvalue weighted by Crippen LogP contribution is -2.28. The number of hydrogen-bond acceptors (Lipinski definition) is 1. The van der Waals surface area contributed by atoms with Crippen LogP contribution >= 0.6 is 31.9 Å². The molecule has 3 nitrogen and oxygen atoms in total. The SMILES string of the molecule is CCNC(=O)Nc1ccc(Br)cc1Br. The average molecular weight is 322 g/mol. The third-order valence-corrected chi connectivity index (χ3v) is 2.67. The highest BCUT2D eigenvalue weighted by Crippen LogP contribution is 2.25. The van der Waals surface area contributed by atoms with Crippen LogP contribution in [-0.4, -0.2) is 12.6 Å². The zero-order chi connectivity index (χ0) is 10.6. The highest BCUT2D eigenvalue weighted by atomic mass is 79.9. The minimum atomic E-state index is -0.199. The first-order valence-electron chi connectivity index (χ1n) is 4.13. The van der Waals surface area contributed by atoms with Gasteiger partial charge in [-0.2, -0.15) is 0 Å². The Balaban J connectivity index is 2.72. The van der Waals surface area contributed by atoms with Crippen molar-refractivity contribution in [3.63, 3.8) is 0 Å². The molecule has 0 spiro atoms. The number of amides is 2. The molecular weight excluding hydrogens is 312 g/mol. The monoisotopic (exact) mass is 320 g/mol. The fraction of sp³-hybridized carbons (Fsp3) is 0.222. The van der Waals surface area contributed by atoms with Gasteiger partial charge in [-0.25, -0.2) is 4.79 Å². The molecule has 0 unspecified atom stereocenters. The molecule has 1 aromatic carbocycles. The predicted octanol–water partition coefficient (Wildman–Crippen LogP) is 3.35. The van der Waals surface area contributed by atoms with Gasteiger partial charge in [-0.3, -0.25) is 0 Å². The first-order valence-corrected chi connectivity index (χ1v) is 5.72. The number of carbonyl (C=O) groups is 1. The Kier molecular flexibility index (Phi) is 4.41. The van der Waals surface area contributed by atoms with Crippen molar-refractivity contribution in [2.24, 2.45) is 0 Å². The van der Waals surface area contributed by atoms with Crippen LogP contribution in [0.2, 0.25) is 0 Å². The fourth-order valence-corrected chi connectivity index (χ4v) is 2.06. The molecule has 0 bridgehead atoms. The largest absolute Gasteiger partial charge is 0.338 e. The highest BCUT2D eigenvalue weighted by molar-refractivity contribution is 9.11. The van der Waals surface area contributed by atoms with Gasteiger partial charge in [0.15, 0.2) is 0 Å². The van der Waals surface area contributed by atoms with E-state index < -0.39 is 0 Å². The van der Waals surface area contributed by atoms with Crippen molar-refractivity contribution in [1.82, 2.24) is 5.32 Å². The van der Waals surface area contributed by atoms with E-state index in [4.69, 9.17) is 0 Å². The number of rotatable bonds is 2. The van der Waals surface area contributed by atoms with Crippen molar-refractivity contribution >= 4 is 43.6 Å². The van der Waals surface area contributed by atoms with E-state index in [1.165, 1.54) is 0 Å². The van der Waals surface area contributed by atoms with Crippen LogP contribution in [0.5, 0.6) is 0 Å². The average Bonchev–Trinajstić information content (AvgIpc) is 2.10. The summed E-state index contributed by atoms with van der Waals surface area (Å²) in [5.41, 5.74) is 0.749. The van der Waals surface area contributed by atoms with Crippen molar-refractivity contribution in [1.29, 1.82) is 0 Å². The van der Waals surface area contributed by atoms with Gasteiger partial charge >= 0.3 is 6.03 Å². The molecule has 0 aromatic heterocycles. The summed E-state index contributed by atoms with van der Waals surface area (Å²) in [6.45, 7) is 2.48. The van der Waals surface area contributed by atoms with Gasteiger partial charge < -0.3 is 10.6 Å². The van der Waals surface area contributed by atoms with Gasteiger partial charge in [-0.15, -0.1) is 0 Å². The molecule has 0 aliphatic carbocycles. The third-order valence-electron chi connectivity index (χ3n) is 1.52. The summed E-state index contributed by atoms with van der Waals surface area (Å²) in [6, 6.07) is 5.37. The van der Waals surface area contributed by atoms with Crippen LogP contribution in [0.15, 0.2) is 27.1 Å². The van der Waals surface area contributed by atoms with Crippen molar-refractivity contribution < 1.29 is 4.79 Å². The molecule has 0 saturated heterocycles. The Hall–Kier alpha value is -0.550. The summed E-state index contributed by atoms with van der Waals surface area (Å²) in [5, 5.41) is 5.37. The smallest absolute Gasteiger partial charge is 0.319 e. The lowest BCUT2D eigenvalue weighted by Gasteiger charge is -2.07. The molecule has 76 valence electrons. The first kappa shape index (κ1) is 11.5. The molecule has 0 radical (unpaired) electrons. The molecule has 5 heteroatoms.